The maximum atomic E-state index is 13.1. The Kier molecular flexibility index (Phi) is 35.4. The number of nitrogens with two attached hydrogens (primary N) is 1. The lowest BCUT2D eigenvalue weighted by atomic mass is 9.98. The Hall–Kier alpha value is -1.15. The van der Waals surface area contributed by atoms with E-state index in [0.717, 1.165) is 44.4 Å². The van der Waals surface area contributed by atoms with Crippen LogP contribution in [0.3, 0.4) is 0 Å². The molecule has 9 N–H and O–H groups in total. The molecule has 0 radical (unpaired) electrons. The minimum atomic E-state index is -1.49. The predicted octanol–water partition coefficient (Wildman–Crippen LogP) is 8.27. The Bertz CT molecular complexity index is 986. The van der Waals surface area contributed by atoms with Crippen LogP contribution in [-0.4, -0.2) is 105 Å². The summed E-state index contributed by atoms with van der Waals surface area (Å²) in [4.78, 5) is 13.1. The molecule has 0 saturated carbocycles. The predicted molar refractivity (Wildman–Crippen MR) is 240 cm³/mol. The van der Waals surface area contributed by atoms with Crippen LogP contribution in [0.15, 0.2) is 12.2 Å². The molecule has 59 heavy (non-hydrogen) atoms. The van der Waals surface area contributed by atoms with Crippen LogP contribution in [0.25, 0.3) is 0 Å². The second-order valence-electron chi connectivity index (χ2n) is 18.1. The van der Waals surface area contributed by atoms with E-state index in [-0.39, 0.29) is 13.0 Å². The number of ether oxygens (including phenoxy) is 2. The smallest absolute Gasteiger partial charge is 0.249 e. The van der Waals surface area contributed by atoms with Gasteiger partial charge >= 0.3 is 0 Å². The molecular weight excluding hydrogens is 749 g/mol. The lowest BCUT2D eigenvalue weighted by molar-refractivity contribution is -0.268. The third kappa shape index (κ3) is 28.2. The fraction of sp³-hybridized carbons (Fsp3) is 0.938. The van der Waals surface area contributed by atoms with Gasteiger partial charge in [0.15, 0.2) is 6.29 Å². The molecule has 0 spiro atoms. The number of aliphatic hydroxyl groups excluding tert-OH is 6. The largest absolute Gasteiger partial charge is 0.394 e. The van der Waals surface area contributed by atoms with Crippen LogP contribution in [0.2, 0.25) is 0 Å². The van der Waals surface area contributed by atoms with Crippen LogP contribution in [0, 0.1) is 5.92 Å². The van der Waals surface area contributed by atoms with Crippen LogP contribution in [0.5, 0.6) is 0 Å². The van der Waals surface area contributed by atoms with Crippen molar-refractivity contribution in [2.75, 3.05) is 13.2 Å². The normalized spacial score (nSPS) is 21.9. The summed E-state index contributed by atoms with van der Waals surface area (Å²) in [6.45, 7) is 5.87. The first kappa shape index (κ1) is 55.9. The topological polar surface area (TPSA) is 195 Å². The van der Waals surface area contributed by atoms with Crippen LogP contribution in [0.1, 0.15) is 213 Å². The number of carbonyl (C=O) groups excluding carboxylic acids is 1. The quantitative estimate of drug-likeness (QED) is 0.0220. The molecule has 9 unspecified atom stereocenters. The van der Waals surface area contributed by atoms with E-state index in [4.69, 9.17) is 15.2 Å². The van der Waals surface area contributed by atoms with Crippen molar-refractivity contribution in [3.05, 3.63) is 12.2 Å². The minimum Gasteiger partial charge on any atom is -0.394 e. The van der Waals surface area contributed by atoms with Gasteiger partial charge in [-0.3, -0.25) is 4.79 Å². The first-order chi connectivity index (χ1) is 28.5. The van der Waals surface area contributed by atoms with Gasteiger partial charge in [-0.2, -0.15) is 0 Å². The molecule has 1 rings (SSSR count). The molecule has 0 aromatic rings. The van der Waals surface area contributed by atoms with Crippen molar-refractivity contribution >= 4 is 5.91 Å². The summed E-state index contributed by atoms with van der Waals surface area (Å²) in [6.07, 6.45) is 29.9. The fourth-order valence-corrected chi connectivity index (χ4v) is 7.97. The molecule has 0 aliphatic carbocycles. The van der Waals surface area contributed by atoms with Gasteiger partial charge in [-0.1, -0.05) is 206 Å². The van der Waals surface area contributed by atoms with Gasteiger partial charge in [-0.05, 0) is 25.2 Å². The summed E-state index contributed by atoms with van der Waals surface area (Å²) in [6, 6.07) is -2.33. The third-order valence-corrected chi connectivity index (χ3v) is 12.1. The third-order valence-electron chi connectivity index (χ3n) is 12.1. The molecule has 1 amide bonds. The molecule has 1 aliphatic heterocycles. The first-order valence-corrected chi connectivity index (χ1v) is 24.5. The Morgan fingerprint density at radius 3 is 1.58 bits per heavy atom. The van der Waals surface area contributed by atoms with E-state index in [9.17, 15) is 35.4 Å². The lowest BCUT2D eigenvalue weighted by Gasteiger charge is -2.41. The van der Waals surface area contributed by atoms with Gasteiger partial charge in [0.2, 0.25) is 5.91 Å². The number of nitrogens with one attached hydrogen (secondary N) is 1. The maximum absolute atomic E-state index is 13.1. The number of carbonyl (C=O) groups is 1. The van der Waals surface area contributed by atoms with Gasteiger partial charge in [0, 0.05) is 0 Å². The molecule has 11 heteroatoms. The van der Waals surface area contributed by atoms with Gasteiger partial charge in [0.1, 0.15) is 36.6 Å². The molecule has 1 fully saturated rings. The van der Waals surface area contributed by atoms with Gasteiger partial charge < -0.3 is 51.2 Å². The zero-order valence-electron chi connectivity index (χ0n) is 38.0. The average molecular weight is 843 g/mol. The summed E-state index contributed by atoms with van der Waals surface area (Å²) in [7, 11) is 0. The number of allylic oxidation sites excluding steroid dienone is 1. The number of unbranched alkanes of at least 4 members (excludes halogenated alkanes) is 26. The second kappa shape index (κ2) is 37.4. The minimum absolute atomic E-state index is 0.272. The summed E-state index contributed by atoms with van der Waals surface area (Å²) in [5.74, 6) is 0.102. The van der Waals surface area contributed by atoms with Crippen molar-refractivity contribution in [3.63, 3.8) is 0 Å². The van der Waals surface area contributed by atoms with E-state index in [0.29, 0.717) is 6.42 Å². The molecule has 1 aliphatic rings. The van der Waals surface area contributed by atoms with E-state index < -0.39 is 67.5 Å². The standard InChI is InChI=1S/C48H94N2O9/c1-4-5-6-7-8-9-10-11-12-13-14-15-16-19-23-26-29-32-35-41(53)47(57)50-39(37-58-48-43(49)46(56)45(55)42(36-51)59-48)44(54)40(52)34-31-28-25-22-20-17-18-21-24-27-30-33-38(2)3/h31,34,38-46,48,51-56H,4-30,32-33,35-37,49H2,1-3H3,(H,50,57). The molecule has 1 saturated heterocycles. The Morgan fingerprint density at radius 2 is 1.12 bits per heavy atom. The van der Waals surface area contributed by atoms with Crippen molar-refractivity contribution in [1.29, 1.82) is 0 Å². The van der Waals surface area contributed by atoms with Gasteiger partial charge in [0.05, 0.1) is 25.3 Å². The molecule has 11 nitrogen and oxygen atoms in total. The summed E-state index contributed by atoms with van der Waals surface area (Å²) >= 11 is 0. The maximum Gasteiger partial charge on any atom is 0.249 e. The van der Waals surface area contributed by atoms with Gasteiger partial charge in [-0.15, -0.1) is 0 Å². The van der Waals surface area contributed by atoms with E-state index in [1.54, 1.807) is 0 Å². The molecule has 0 aromatic carbocycles. The molecular formula is C48H94N2O9. The number of hydrogen-bond donors (Lipinski definition) is 8. The highest BCUT2D eigenvalue weighted by atomic mass is 16.7. The van der Waals surface area contributed by atoms with Gasteiger partial charge in [0.25, 0.3) is 0 Å². The highest BCUT2D eigenvalue weighted by molar-refractivity contribution is 5.80. The highest BCUT2D eigenvalue weighted by Gasteiger charge is 2.43. The SMILES string of the molecule is CCCCCCCCCCCCCCCCCCCCC(O)C(=O)NC(COC1OC(CO)C(O)C(O)C1N)C(O)C(O)C=CCCCCCCCCCCCC(C)C. The zero-order valence-corrected chi connectivity index (χ0v) is 38.0. The molecule has 1 heterocycles. The lowest BCUT2D eigenvalue weighted by Crippen LogP contribution is -2.63. The van der Waals surface area contributed by atoms with Crippen LogP contribution in [-0.2, 0) is 14.3 Å². The van der Waals surface area contributed by atoms with E-state index in [1.807, 2.05) is 6.08 Å². The zero-order chi connectivity index (χ0) is 43.5. The van der Waals surface area contributed by atoms with Crippen LogP contribution >= 0.6 is 0 Å². The second-order valence-corrected chi connectivity index (χ2v) is 18.1. The monoisotopic (exact) mass is 843 g/mol. The van der Waals surface area contributed by atoms with Crippen molar-refractivity contribution in [2.24, 2.45) is 11.7 Å². The number of aliphatic hydroxyl groups is 6. The Balaban J connectivity index is 2.44. The fourth-order valence-electron chi connectivity index (χ4n) is 7.97. The molecule has 0 bridgehead atoms. The van der Waals surface area contributed by atoms with Crippen molar-refractivity contribution in [2.45, 2.75) is 268 Å². The molecule has 0 aromatic heterocycles. The van der Waals surface area contributed by atoms with Crippen LogP contribution in [0.4, 0.5) is 0 Å². The Labute approximate surface area is 360 Å². The molecule has 9 atom stereocenters. The van der Waals surface area contributed by atoms with Crippen LogP contribution < -0.4 is 11.1 Å². The summed E-state index contributed by atoms with van der Waals surface area (Å²) in [5.41, 5.74) is 6.03. The van der Waals surface area contributed by atoms with Crippen molar-refractivity contribution in [1.82, 2.24) is 5.32 Å². The summed E-state index contributed by atoms with van der Waals surface area (Å²) in [5, 5.41) is 65.5. The number of hydrogen-bond acceptors (Lipinski definition) is 10. The van der Waals surface area contributed by atoms with E-state index >= 15 is 0 Å². The average Bonchev–Trinajstić information content (AvgIpc) is 3.22. The van der Waals surface area contributed by atoms with Crippen molar-refractivity contribution < 1.29 is 44.9 Å². The molecule has 350 valence electrons. The van der Waals surface area contributed by atoms with E-state index in [2.05, 4.69) is 26.1 Å². The van der Waals surface area contributed by atoms with Crippen molar-refractivity contribution in [3.8, 4) is 0 Å². The highest BCUT2D eigenvalue weighted by Crippen LogP contribution is 2.22. The number of amides is 1. The number of rotatable bonds is 40. The van der Waals surface area contributed by atoms with Gasteiger partial charge in [-0.25, -0.2) is 0 Å². The Morgan fingerprint density at radius 1 is 0.678 bits per heavy atom. The summed E-state index contributed by atoms with van der Waals surface area (Å²) < 4.78 is 11.3. The van der Waals surface area contributed by atoms with E-state index in [1.165, 1.54) is 147 Å². The first-order valence-electron chi connectivity index (χ1n) is 24.5.